The van der Waals surface area contributed by atoms with Crippen LogP contribution in [0.4, 0.5) is 0 Å². The van der Waals surface area contributed by atoms with E-state index < -0.39 is 0 Å². The second kappa shape index (κ2) is 6.75. The molecule has 4 heteroatoms. The zero-order chi connectivity index (χ0) is 14.5. The predicted molar refractivity (Wildman–Crippen MR) is 78.0 cm³/mol. The SMILES string of the molecule is COc1cccc(C)c1C(=O)N[C@H]1CCC[C@@H](CO)C1. The van der Waals surface area contributed by atoms with Gasteiger partial charge in [0.25, 0.3) is 5.91 Å². The van der Waals surface area contributed by atoms with Gasteiger partial charge in [-0.05, 0) is 43.7 Å². The Bertz CT molecular complexity index is 473. The van der Waals surface area contributed by atoms with Gasteiger partial charge in [-0.25, -0.2) is 0 Å². The van der Waals surface area contributed by atoms with E-state index in [1.165, 1.54) is 0 Å². The van der Waals surface area contributed by atoms with Gasteiger partial charge in [-0.3, -0.25) is 4.79 Å². The number of aliphatic hydroxyl groups excluding tert-OH is 1. The van der Waals surface area contributed by atoms with Crippen LogP contribution in [-0.4, -0.2) is 30.8 Å². The molecule has 0 radical (unpaired) electrons. The van der Waals surface area contributed by atoms with Gasteiger partial charge in [-0.15, -0.1) is 0 Å². The normalized spacial score (nSPS) is 22.4. The van der Waals surface area contributed by atoms with Crippen LogP contribution in [0, 0.1) is 12.8 Å². The lowest BCUT2D eigenvalue weighted by Gasteiger charge is -2.29. The molecule has 0 aliphatic heterocycles. The van der Waals surface area contributed by atoms with Crippen molar-refractivity contribution in [2.24, 2.45) is 5.92 Å². The number of carbonyl (C=O) groups excluding carboxylic acids is 1. The van der Waals surface area contributed by atoms with Gasteiger partial charge in [0.1, 0.15) is 5.75 Å². The van der Waals surface area contributed by atoms with E-state index in [-0.39, 0.29) is 18.6 Å². The summed E-state index contributed by atoms with van der Waals surface area (Å²) in [7, 11) is 1.58. The Morgan fingerprint density at radius 2 is 2.25 bits per heavy atom. The molecule has 1 saturated carbocycles. The lowest BCUT2D eigenvalue weighted by Crippen LogP contribution is -2.39. The van der Waals surface area contributed by atoms with E-state index in [2.05, 4.69) is 5.32 Å². The topological polar surface area (TPSA) is 58.6 Å². The minimum absolute atomic E-state index is 0.0801. The molecule has 2 N–H and O–H groups in total. The van der Waals surface area contributed by atoms with E-state index in [1.54, 1.807) is 13.2 Å². The fourth-order valence-electron chi connectivity index (χ4n) is 2.95. The summed E-state index contributed by atoms with van der Waals surface area (Å²) in [5, 5.41) is 12.3. The monoisotopic (exact) mass is 277 g/mol. The van der Waals surface area contributed by atoms with Crippen molar-refractivity contribution < 1.29 is 14.6 Å². The number of benzene rings is 1. The van der Waals surface area contributed by atoms with Crippen LogP contribution in [0.1, 0.15) is 41.6 Å². The van der Waals surface area contributed by atoms with Crippen LogP contribution in [0.3, 0.4) is 0 Å². The summed E-state index contributed by atoms with van der Waals surface area (Å²) in [4.78, 5) is 12.5. The second-order valence-corrected chi connectivity index (χ2v) is 5.54. The Morgan fingerprint density at radius 1 is 1.45 bits per heavy atom. The number of rotatable bonds is 4. The lowest BCUT2D eigenvalue weighted by molar-refractivity contribution is 0.0902. The molecule has 2 atom stereocenters. The summed E-state index contributed by atoms with van der Waals surface area (Å²) in [5.74, 6) is 0.841. The maximum Gasteiger partial charge on any atom is 0.255 e. The Labute approximate surface area is 120 Å². The number of ether oxygens (including phenoxy) is 1. The number of methoxy groups -OCH3 is 1. The van der Waals surface area contributed by atoms with Gasteiger partial charge in [-0.2, -0.15) is 0 Å². The van der Waals surface area contributed by atoms with Crippen LogP contribution in [0.15, 0.2) is 18.2 Å². The molecule has 0 aromatic heterocycles. The number of hydrogen-bond acceptors (Lipinski definition) is 3. The summed E-state index contributed by atoms with van der Waals surface area (Å²) < 4.78 is 5.28. The third-order valence-electron chi connectivity index (χ3n) is 4.06. The van der Waals surface area contributed by atoms with E-state index in [9.17, 15) is 9.90 Å². The predicted octanol–water partition coefficient (Wildman–Crippen LogP) is 2.28. The van der Waals surface area contributed by atoms with Crippen molar-refractivity contribution in [2.75, 3.05) is 13.7 Å². The summed E-state index contributed by atoms with van der Waals surface area (Å²) in [6.07, 6.45) is 3.95. The summed E-state index contributed by atoms with van der Waals surface area (Å²) in [6.45, 7) is 2.12. The fourth-order valence-corrected chi connectivity index (χ4v) is 2.95. The molecule has 1 aromatic carbocycles. The molecule has 4 nitrogen and oxygen atoms in total. The molecule has 1 amide bonds. The Kier molecular flexibility index (Phi) is 5.01. The summed E-state index contributed by atoms with van der Waals surface area (Å²) >= 11 is 0. The van der Waals surface area contributed by atoms with Crippen molar-refractivity contribution in [3.63, 3.8) is 0 Å². The molecule has 0 bridgehead atoms. The average molecular weight is 277 g/mol. The molecule has 0 unspecified atom stereocenters. The van der Waals surface area contributed by atoms with Gasteiger partial charge >= 0.3 is 0 Å². The number of nitrogens with one attached hydrogen (secondary N) is 1. The molecule has 2 rings (SSSR count). The van der Waals surface area contributed by atoms with Crippen molar-refractivity contribution >= 4 is 5.91 Å². The van der Waals surface area contributed by atoms with Crippen LogP contribution in [0.2, 0.25) is 0 Å². The van der Waals surface area contributed by atoms with Crippen molar-refractivity contribution in [3.8, 4) is 5.75 Å². The highest BCUT2D eigenvalue weighted by atomic mass is 16.5. The first-order chi connectivity index (χ1) is 9.65. The Morgan fingerprint density at radius 3 is 2.95 bits per heavy atom. The number of carbonyl (C=O) groups is 1. The average Bonchev–Trinajstić information content (AvgIpc) is 2.46. The molecule has 0 spiro atoms. The first-order valence-electron chi connectivity index (χ1n) is 7.21. The molecule has 0 heterocycles. The highest BCUT2D eigenvalue weighted by Crippen LogP contribution is 2.26. The van der Waals surface area contributed by atoms with Gasteiger partial charge in [0.2, 0.25) is 0 Å². The molecule has 110 valence electrons. The largest absolute Gasteiger partial charge is 0.496 e. The van der Waals surface area contributed by atoms with Gasteiger partial charge < -0.3 is 15.2 Å². The molecule has 1 aliphatic carbocycles. The van der Waals surface area contributed by atoms with E-state index >= 15 is 0 Å². The molecule has 20 heavy (non-hydrogen) atoms. The minimum Gasteiger partial charge on any atom is -0.496 e. The third kappa shape index (κ3) is 3.31. The number of hydrogen-bond donors (Lipinski definition) is 2. The van der Waals surface area contributed by atoms with Gasteiger partial charge in [0, 0.05) is 12.6 Å². The maximum absolute atomic E-state index is 12.5. The van der Waals surface area contributed by atoms with Gasteiger partial charge in [0.05, 0.1) is 12.7 Å². The quantitative estimate of drug-likeness (QED) is 0.887. The molecule has 1 aliphatic rings. The second-order valence-electron chi connectivity index (χ2n) is 5.54. The smallest absolute Gasteiger partial charge is 0.255 e. The lowest BCUT2D eigenvalue weighted by atomic mass is 9.86. The van der Waals surface area contributed by atoms with Crippen molar-refractivity contribution in [1.29, 1.82) is 0 Å². The highest BCUT2D eigenvalue weighted by Gasteiger charge is 2.24. The number of aliphatic hydroxyl groups is 1. The van der Waals surface area contributed by atoms with Crippen molar-refractivity contribution in [3.05, 3.63) is 29.3 Å². The van der Waals surface area contributed by atoms with E-state index in [4.69, 9.17) is 4.74 Å². The van der Waals surface area contributed by atoms with E-state index in [0.717, 1.165) is 31.2 Å². The summed E-state index contributed by atoms with van der Waals surface area (Å²) in [5.41, 5.74) is 1.53. The first kappa shape index (κ1) is 14.9. The van der Waals surface area contributed by atoms with Gasteiger partial charge in [-0.1, -0.05) is 18.6 Å². The molecule has 0 saturated heterocycles. The van der Waals surface area contributed by atoms with Crippen molar-refractivity contribution in [1.82, 2.24) is 5.32 Å². The maximum atomic E-state index is 12.5. The zero-order valence-electron chi connectivity index (χ0n) is 12.2. The number of amides is 1. The van der Waals surface area contributed by atoms with Crippen molar-refractivity contribution in [2.45, 2.75) is 38.6 Å². The Hall–Kier alpha value is -1.55. The first-order valence-corrected chi connectivity index (χ1v) is 7.21. The molecule has 1 aromatic rings. The standard InChI is InChI=1S/C16H23NO3/c1-11-5-3-8-14(20-2)15(11)16(19)17-13-7-4-6-12(9-13)10-18/h3,5,8,12-13,18H,4,6-7,9-10H2,1-2H3,(H,17,19)/t12-,13+/m1/s1. The fraction of sp³-hybridized carbons (Fsp3) is 0.562. The van der Waals surface area contributed by atoms with E-state index in [0.29, 0.717) is 17.2 Å². The van der Waals surface area contributed by atoms with Gasteiger partial charge in [0.15, 0.2) is 0 Å². The molecular weight excluding hydrogens is 254 g/mol. The highest BCUT2D eigenvalue weighted by molar-refractivity contribution is 5.98. The minimum atomic E-state index is -0.0801. The molecular formula is C16H23NO3. The van der Waals surface area contributed by atoms with Crippen LogP contribution >= 0.6 is 0 Å². The zero-order valence-corrected chi connectivity index (χ0v) is 12.2. The third-order valence-corrected chi connectivity index (χ3v) is 4.06. The van der Waals surface area contributed by atoms with Crippen LogP contribution in [-0.2, 0) is 0 Å². The van der Waals surface area contributed by atoms with E-state index in [1.807, 2.05) is 19.1 Å². The molecule has 1 fully saturated rings. The Balaban J connectivity index is 2.08. The van der Waals surface area contributed by atoms with Crippen LogP contribution < -0.4 is 10.1 Å². The van der Waals surface area contributed by atoms with Crippen LogP contribution in [0.25, 0.3) is 0 Å². The number of aryl methyl sites for hydroxylation is 1. The van der Waals surface area contributed by atoms with Crippen LogP contribution in [0.5, 0.6) is 5.75 Å². The summed E-state index contributed by atoms with van der Waals surface area (Å²) in [6, 6.07) is 5.75.